The molecule has 5 heteroatoms. The van der Waals surface area contributed by atoms with Gasteiger partial charge in [0.15, 0.2) is 0 Å². The molecular formula is C13H26N2O2S. The van der Waals surface area contributed by atoms with Crippen molar-refractivity contribution in [2.24, 2.45) is 5.92 Å². The van der Waals surface area contributed by atoms with Crippen molar-refractivity contribution in [3.8, 4) is 0 Å². The molecule has 0 spiro atoms. The molecule has 0 bridgehead atoms. The normalized spacial score (nSPS) is 29.2. The van der Waals surface area contributed by atoms with Crippen LogP contribution in [-0.2, 0) is 15.6 Å². The van der Waals surface area contributed by atoms with Crippen molar-refractivity contribution in [3.63, 3.8) is 0 Å². The first-order valence-electron chi connectivity index (χ1n) is 6.97. The maximum atomic E-state index is 12.2. The highest BCUT2D eigenvalue weighted by atomic mass is 32.2. The Morgan fingerprint density at radius 2 is 2.06 bits per heavy atom. The molecule has 0 radical (unpaired) electrons. The highest BCUT2D eigenvalue weighted by Gasteiger charge is 2.36. The van der Waals surface area contributed by atoms with Gasteiger partial charge in [-0.1, -0.05) is 20.8 Å². The number of nitrogens with one attached hydrogen (secondary N) is 2. The second kappa shape index (κ2) is 7.89. The zero-order valence-corrected chi connectivity index (χ0v) is 12.5. The van der Waals surface area contributed by atoms with Crippen LogP contribution in [0.4, 0.5) is 0 Å². The third-order valence-corrected chi connectivity index (χ3v) is 5.52. The van der Waals surface area contributed by atoms with Crippen molar-refractivity contribution in [1.29, 1.82) is 0 Å². The molecule has 0 aromatic carbocycles. The Balaban J connectivity index is 2.40. The van der Waals surface area contributed by atoms with Gasteiger partial charge in [0, 0.05) is 28.6 Å². The van der Waals surface area contributed by atoms with Crippen LogP contribution in [0.1, 0.15) is 40.0 Å². The molecule has 1 rings (SSSR count). The summed E-state index contributed by atoms with van der Waals surface area (Å²) in [6.45, 7) is 7.88. The van der Waals surface area contributed by atoms with E-state index in [-0.39, 0.29) is 16.9 Å². The van der Waals surface area contributed by atoms with E-state index in [1.165, 1.54) is 0 Å². The summed E-state index contributed by atoms with van der Waals surface area (Å²) in [5, 5.41) is 6.39. The van der Waals surface area contributed by atoms with Gasteiger partial charge < -0.3 is 10.6 Å². The molecule has 4 atom stereocenters. The monoisotopic (exact) mass is 274 g/mol. The lowest BCUT2D eigenvalue weighted by Crippen LogP contribution is -2.37. The summed E-state index contributed by atoms with van der Waals surface area (Å²) in [6, 6.07) is 0.461. The van der Waals surface area contributed by atoms with Crippen LogP contribution >= 0.6 is 0 Å². The van der Waals surface area contributed by atoms with E-state index in [1.54, 1.807) is 0 Å². The summed E-state index contributed by atoms with van der Waals surface area (Å²) in [5.74, 6) is 0.479. The quantitative estimate of drug-likeness (QED) is 0.729. The number of hydrogen-bond acceptors (Lipinski definition) is 3. The molecule has 0 aromatic heterocycles. The van der Waals surface area contributed by atoms with Gasteiger partial charge in [0.1, 0.15) is 5.75 Å². The zero-order valence-electron chi connectivity index (χ0n) is 11.7. The summed E-state index contributed by atoms with van der Waals surface area (Å²) in [5.41, 5.74) is 0. The van der Waals surface area contributed by atoms with E-state index in [2.05, 4.69) is 24.5 Å². The van der Waals surface area contributed by atoms with E-state index >= 15 is 0 Å². The van der Waals surface area contributed by atoms with Crippen LogP contribution in [0.25, 0.3) is 0 Å². The molecule has 18 heavy (non-hydrogen) atoms. The number of carbonyl (C=O) groups is 1. The Morgan fingerprint density at radius 1 is 1.33 bits per heavy atom. The smallest absolute Gasteiger partial charge is 0.232 e. The van der Waals surface area contributed by atoms with Crippen LogP contribution < -0.4 is 10.6 Å². The fourth-order valence-corrected chi connectivity index (χ4v) is 4.24. The van der Waals surface area contributed by atoms with Crippen LogP contribution in [0.15, 0.2) is 0 Å². The summed E-state index contributed by atoms with van der Waals surface area (Å²) in [4.78, 5) is 11.6. The van der Waals surface area contributed by atoms with Gasteiger partial charge in [-0.25, -0.2) is 0 Å². The average Bonchev–Trinajstić information content (AvgIpc) is 2.69. The molecule has 1 saturated carbocycles. The molecule has 2 N–H and O–H groups in total. The maximum absolute atomic E-state index is 12.2. The first-order valence-corrected chi connectivity index (χ1v) is 8.35. The summed E-state index contributed by atoms with van der Waals surface area (Å²) >= 11 is 0. The molecule has 1 amide bonds. The van der Waals surface area contributed by atoms with Crippen molar-refractivity contribution < 1.29 is 9.00 Å². The van der Waals surface area contributed by atoms with E-state index in [1.807, 2.05) is 6.92 Å². The third kappa shape index (κ3) is 4.35. The van der Waals surface area contributed by atoms with Gasteiger partial charge >= 0.3 is 0 Å². The Kier molecular flexibility index (Phi) is 6.86. The summed E-state index contributed by atoms with van der Waals surface area (Å²) in [6.07, 6.45) is 2.95. The minimum Gasteiger partial charge on any atom is -0.355 e. The van der Waals surface area contributed by atoms with Crippen LogP contribution in [0.5, 0.6) is 0 Å². The first-order chi connectivity index (χ1) is 8.60. The molecule has 4 nitrogen and oxygen atoms in total. The second-order valence-corrected chi connectivity index (χ2v) is 6.67. The van der Waals surface area contributed by atoms with Gasteiger partial charge in [-0.15, -0.1) is 0 Å². The number of rotatable bonds is 7. The molecule has 0 aliphatic heterocycles. The predicted molar refractivity (Wildman–Crippen MR) is 76.0 cm³/mol. The van der Waals surface area contributed by atoms with E-state index in [9.17, 15) is 9.00 Å². The topological polar surface area (TPSA) is 58.2 Å². The fourth-order valence-electron chi connectivity index (χ4n) is 2.60. The van der Waals surface area contributed by atoms with Crippen molar-refractivity contribution in [1.82, 2.24) is 10.6 Å². The molecule has 1 aliphatic carbocycles. The Labute approximate surface area is 113 Å². The van der Waals surface area contributed by atoms with Crippen LogP contribution in [0.2, 0.25) is 0 Å². The van der Waals surface area contributed by atoms with Crippen molar-refractivity contribution in [3.05, 3.63) is 0 Å². The highest BCUT2D eigenvalue weighted by Crippen LogP contribution is 2.29. The van der Waals surface area contributed by atoms with E-state index < -0.39 is 10.8 Å². The Morgan fingerprint density at radius 3 is 2.67 bits per heavy atom. The van der Waals surface area contributed by atoms with E-state index in [0.717, 1.165) is 25.8 Å². The molecule has 1 fully saturated rings. The molecule has 106 valence electrons. The molecule has 0 heterocycles. The highest BCUT2D eigenvalue weighted by molar-refractivity contribution is 7.86. The number of carbonyl (C=O) groups excluding carboxylic acids is 1. The minimum atomic E-state index is -1.04. The molecule has 4 unspecified atom stereocenters. The van der Waals surface area contributed by atoms with Gasteiger partial charge in [-0.05, 0) is 31.7 Å². The zero-order chi connectivity index (χ0) is 13.5. The largest absolute Gasteiger partial charge is 0.355 e. The summed E-state index contributed by atoms with van der Waals surface area (Å²) in [7, 11) is -1.04. The van der Waals surface area contributed by atoms with Crippen molar-refractivity contribution in [2.45, 2.75) is 51.3 Å². The summed E-state index contributed by atoms with van der Waals surface area (Å²) < 4.78 is 12.2. The van der Waals surface area contributed by atoms with Gasteiger partial charge in [0.2, 0.25) is 5.91 Å². The molecule has 0 saturated heterocycles. The van der Waals surface area contributed by atoms with Gasteiger partial charge in [0.25, 0.3) is 0 Å². The van der Waals surface area contributed by atoms with E-state index in [0.29, 0.717) is 18.5 Å². The van der Waals surface area contributed by atoms with Crippen LogP contribution in [0.3, 0.4) is 0 Å². The van der Waals surface area contributed by atoms with Crippen molar-refractivity contribution >= 4 is 16.7 Å². The first kappa shape index (κ1) is 15.6. The van der Waals surface area contributed by atoms with Crippen LogP contribution in [0, 0.1) is 5.92 Å². The molecule has 1 aliphatic rings. The van der Waals surface area contributed by atoms with E-state index in [4.69, 9.17) is 0 Å². The standard InChI is InChI=1S/C13H26N2O2S/c1-4-8-15-13(16)9-18(17)12-7-6-11(10(12)3)14-5-2/h10-12,14H,4-9H2,1-3H3,(H,15,16). The van der Waals surface area contributed by atoms with Gasteiger partial charge in [-0.3, -0.25) is 9.00 Å². The fraction of sp³-hybridized carbons (Fsp3) is 0.923. The van der Waals surface area contributed by atoms with Gasteiger partial charge in [0.05, 0.1) is 0 Å². The third-order valence-electron chi connectivity index (χ3n) is 3.63. The van der Waals surface area contributed by atoms with Gasteiger partial charge in [-0.2, -0.15) is 0 Å². The lowest BCUT2D eigenvalue weighted by Gasteiger charge is -2.20. The minimum absolute atomic E-state index is 0.0747. The Hall–Kier alpha value is -0.420. The predicted octanol–water partition coefficient (Wildman–Crippen LogP) is 1.04. The Bertz CT molecular complexity index is 297. The number of hydrogen-bond donors (Lipinski definition) is 2. The second-order valence-electron chi connectivity index (χ2n) is 5.01. The number of amides is 1. The lowest BCUT2D eigenvalue weighted by molar-refractivity contribution is -0.118. The molecule has 0 aromatic rings. The SMILES string of the molecule is CCCNC(=O)CS(=O)C1CCC(NCC)C1C. The average molecular weight is 274 g/mol. The molecular weight excluding hydrogens is 248 g/mol. The van der Waals surface area contributed by atoms with Crippen molar-refractivity contribution in [2.75, 3.05) is 18.8 Å². The van der Waals surface area contributed by atoms with Crippen LogP contribution in [-0.4, -0.2) is 40.3 Å². The lowest BCUT2D eigenvalue weighted by atomic mass is 10.1. The maximum Gasteiger partial charge on any atom is 0.232 e.